The molecule has 41 heavy (non-hydrogen) atoms. The molecule has 0 radical (unpaired) electrons. The Labute approximate surface area is 247 Å². The lowest BCUT2D eigenvalue weighted by Gasteiger charge is -2.34. The maximum atomic E-state index is 14.5. The van der Waals surface area contributed by atoms with Crippen molar-refractivity contribution in [2.75, 3.05) is 37.6 Å². The summed E-state index contributed by atoms with van der Waals surface area (Å²) in [7, 11) is 0. The van der Waals surface area contributed by atoms with Crippen molar-refractivity contribution in [1.82, 2.24) is 14.8 Å². The molecular formula is C30H30Cl2F2N4O3. The molecular weight excluding hydrogens is 573 g/mol. The molecule has 1 aromatic heterocycles. The summed E-state index contributed by atoms with van der Waals surface area (Å²) in [4.78, 5) is 36.9. The van der Waals surface area contributed by atoms with Gasteiger partial charge in [-0.25, -0.2) is 18.6 Å². The van der Waals surface area contributed by atoms with Crippen molar-refractivity contribution in [1.29, 1.82) is 0 Å². The number of carbonyl (C=O) groups is 2. The number of rotatable bonds is 6. The molecule has 2 atom stereocenters. The van der Waals surface area contributed by atoms with Gasteiger partial charge in [-0.2, -0.15) is 0 Å². The second kappa shape index (κ2) is 12.6. The van der Waals surface area contributed by atoms with E-state index in [4.69, 9.17) is 27.9 Å². The van der Waals surface area contributed by atoms with Gasteiger partial charge in [-0.05, 0) is 73.9 Å². The van der Waals surface area contributed by atoms with Crippen LogP contribution < -0.4 is 9.64 Å². The van der Waals surface area contributed by atoms with E-state index in [1.807, 2.05) is 13.0 Å². The number of ether oxygens (including phenoxy) is 1. The van der Waals surface area contributed by atoms with E-state index in [1.165, 1.54) is 36.4 Å². The Morgan fingerprint density at radius 2 is 1.76 bits per heavy atom. The number of likely N-dealkylation sites (N-methyl/N-ethyl adjacent to an activating group) is 1. The van der Waals surface area contributed by atoms with Gasteiger partial charge in [-0.15, -0.1) is 0 Å². The summed E-state index contributed by atoms with van der Waals surface area (Å²) in [6.45, 7) is 4.07. The van der Waals surface area contributed by atoms with Crippen LogP contribution >= 0.6 is 23.2 Å². The summed E-state index contributed by atoms with van der Waals surface area (Å²) in [5.41, 5.74) is 0.642. The molecule has 2 fully saturated rings. The number of benzene rings is 2. The van der Waals surface area contributed by atoms with Gasteiger partial charge in [-0.1, -0.05) is 29.3 Å². The first-order valence-electron chi connectivity index (χ1n) is 13.6. The van der Waals surface area contributed by atoms with Gasteiger partial charge in [0, 0.05) is 50.8 Å². The van der Waals surface area contributed by atoms with E-state index in [2.05, 4.69) is 9.88 Å². The minimum Gasteiger partial charge on any atom is -0.410 e. The first-order valence-corrected chi connectivity index (χ1v) is 14.3. The minimum atomic E-state index is -0.624. The van der Waals surface area contributed by atoms with Crippen LogP contribution in [0.15, 0.2) is 60.8 Å². The Morgan fingerprint density at radius 1 is 1.02 bits per heavy atom. The van der Waals surface area contributed by atoms with Crippen LogP contribution in [-0.4, -0.2) is 65.5 Å². The highest BCUT2D eigenvalue weighted by Gasteiger charge is 2.43. The number of nitrogens with zero attached hydrogens (tertiary/aromatic N) is 4. The molecule has 3 heterocycles. The molecule has 2 amide bonds. The van der Waals surface area contributed by atoms with Crippen LogP contribution in [0.2, 0.25) is 10.0 Å². The molecule has 216 valence electrons. The van der Waals surface area contributed by atoms with E-state index >= 15 is 0 Å². The molecule has 7 nitrogen and oxygen atoms in total. The number of halogens is 4. The van der Waals surface area contributed by atoms with Gasteiger partial charge >= 0.3 is 6.09 Å². The number of piperidine rings is 1. The van der Waals surface area contributed by atoms with E-state index < -0.39 is 23.8 Å². The third-order valence-corrected chi connectivity index (χ3v) is 8.38. The average molecular weight is 603 g/mol. The normalized spacial score (nSPS) is 19.3. The lowest BCUT2D eigenvalue weighted by atomic mass is 9.93. The number of likely N-dealkylation sites (tertiary alicyclic amines) is 1. The molecule has 5 rings (SSSR count). The number of carbonyl (C=O) groups excluding carboxylic acids is 2. The molecule has 0 saturated carbocycles. The molecule has 2 aliphatic rings. The van der Waals surface area contributed by atoms with Crippen LogP contribution in [0.1, 0.15) is 31.2 Å². The third kappa shape index (κ3) is 6.57. The fourth-order valence-corrected chi connectivity index (χ4v) is 5.91. The van der Waals surface area contributed by atoms with E-state index in [9.17, 15) is 18.4 Å². The lowest BCUT2D eigenvalue weighted by molar-refractivity contribution is -0.135. The Kier molecular flexibility index (Phi) is 8.94. The van der Waals surface area contributed by atoms with Gasteiger partial charge in [0.25, 0.3) is 0 Å². The molecule has 0 N–H and O–H groups in total. The summed E-state index contributed by atoms with van der Waals surface area (Å²) in [6.07, 6.45) is 2.31. The highest BCUT2D eigenvalue weighted by molar-refractivity contribution is 6.30. The number of anilines is 1. The van der Waals surface area contributed by atoms with E-state index in [-0.39, 0.29) is 35.1 Å². The number of aromatic nitrogens is 1. The van der Waals surface area contributed by atoms with Crippen molar-refractivity contribution in [2.24, 2.45) is 5.92 Å². The molecule has 11 heteroatoms. The second-order valence-corrected chi connectivity index (χ2v) is 11.1. The van der Waals surface area contributed by atoms with Crippen LogP contribution in [0.5, 0.6) is 5.75 Å². The van der Waals surface area contributed by atoms with Crippen molar-refractivity contribution >= 4 is 41.0 Å². The Morgan fingerprint density at radius 3 is 2.39 bits per heavy atom. The first-order chi connectivity index (χ1) is 19.7. The molecule has 0 aliphatic carbocycles. The largest absolute Gasteiger partial charge is 0.415 e. The van der Waals surface area contributed by atoms with Gasteiger partial charge in [0.1, 0.15) is 23.2 Å². The first kappa shape index (κ1) is 29.1. The van der Waals surface area contributed by atoms with Crippen LogP contribution in [0.3, 0.4) is 0 Å². The number of pyridine rings is 1. The minimum absolute atomic E-state index is 0.00114. The summed E-state index contributed by atoms with van der Waals surface area (Å²) < 4.78 is 33.4. The predicted molar refractivity (Wildman–Crippen MR) is 154 cm³/mol. The Balaban J connectivity index is 1.33. The standard InChI is InChI=1S/C30H30Cl2F2N4O3/c1-2-38(30(40)41-23-7-5-22(33)6-8-23)27-18-37(17-24(27)20-3-9-25(32)26(34)15-20)29(39)19-11-13-36(14-12-19)28-10-4-21(31)16-35-28/h3-10,15-16,19,24,27H,2,11-14,17-18H2,1H3. The van der Waals surface area contributed by atoms with Gasteiger partial charge in [0.05, 0.1) is 16.1 Å². The maximum Gasteiger partial charge on any atom is 0.415 e. The van der Waals surface area contributed by atoms with Gasteiger partial charge in [-0.3, -0.25) is 4.79 Å². The van der Waals surface area contributed by atoms with Gasteiger partial charge < -0.3 is 19.4 Å². The lowest BCUT2D eigenvalue weighted by Crippen LogP contribution is -2.47. The third-order valence-electron chi connectivity index (χ3n) is 7.85. The van der Waals surface area contributed by atoms with Crippen LogP contribution in [-0.2, 0) is 4.79 Å². The average Bonchev–Trinajstić information content (AvgIpc) is 3.41. The molecule has 0 spiro atoms. The smallest absolute Gasteiger partial charge is 0.410 e. The van der Waals surface area contributed by atoms with Gasteiger partial charge in [0.15, 0.2) is 0 Å². The second-order valence-electron chi connectivity index (χ2n) is 10.3. The van der Waals surface area contributed by atoms with Crippen molar-refractivity contribution in [3.8, 4) is 5.75 Å². The zero-order valence-corrected chi connectivity index (χ0v) is 24.0. The van der Waals surface area contributed by atoms with E-state index in [1.54, 1.807) is 28.1 Å². The number of amides is 2. The molecule has 3 aromatic rings. The van der Waals surface area contributed by atoms with Crippen molar-refractivity contribution in [2.45, 2.75) is 31.7 Å². The zero-order valence-electron chi connectivity index (χ0n) is 22.5. The molecule has 2 unspecified atom stereocenters. The Bertz CT molecular complexity index is 1390. The topological polar surface area (TPSA) is 66.0 Å². The highest BCUT2D eigenvalue weighted by atomic mass is 35.5. The van der Waals surface area contributed by atoms with Crippen molar-refractivity contribution in [3.05, 3.63) is 88.0 Å². The zero-order chi connectivity index (χ0) is 29.1. The highest BCUT2D eigenvalue weighted by Crippen LogP contribution is 2.35. The SMILES string of the molecule is CCN(C(=O)Oc1ccc(F)cc1)C1CN(C(=O)C2CCN(c3ccc(Cl)cn3)CC2)CC1c1ccc(Cl)c(F)c1. The van der Waals surface area contributed by atoms with E-state index in [0.29, 0.717) is 49.6 Å². The van der Waals surface area contributed by atoms with Crippen LogP contribution in [0, 0.1) is 17.6 Å². The van der Waals surface area contributed by atoms with Crippen molar-refractivity contribution < 1.29 is 23.1 Å². The molecule has 0 bridgehead atoms. The van der Waals surface area contributed by atoms with Crippen LogP contribution in [0.25, 0.3) is 0 Å². The summed E-state index contributed by atoms with van der Waals surface area (Å²) in [5, 5.41) is 0.571. The summed E-state index contributed by atoms with van der Waals surface area (Å²) in [6, 6.07) is 13.0. The number of hydrogen-bond donors (Lipinski definition) is 0. The summed E-state index contributed by atoms with van der Waals surface area (Å²) >= 11 is 11.9. The van der Waals surface area contributed by atoms with E-state index in [0.717, 1.165) is 5.82 Å². The fraction of sp³-hybridized carbons (Fsp3) is 0.367. The maximum absolute atomic E-state index is 14.5. The monoisotopic (exact) mass is 602 g/mol. The quantitative estimate of drug-likeness (QED) is 0.327. The predicted octanol–water partition coefficient (Wildman–Crippen LogP) is 6.40. The Hall–Kier alpha value is -3.43. The summed E-state index contributed by atoms with van der Waals surface area (Å²) in [5.74, 6) is -0.499. The number of hydrogen-bond acceptors (Lipinski definition) is 5. The van der Waals surface area contributed by atoms with Gasteiger partial charge in [0.2, 0.25) is 5.91 Å². The molecule has 2 aliphatic heterocycles. The molecule has 2 saturated heterocycles. The fourth-order valence-electron chi connectivity index (χ4n) is 5.68. The molecule has 2 aromatic carbocycles. The van der Waals surface area contributed by atoms with Crippen molar-refractivity contribution in [3.63, 3.8) is 0 Å². The van der Waals surface area contributed by atoms with Crippen LogP contribution in [0.4, 0.5) is 19.4 Å².